The van der Waals surface area contributed by atoms with Crippen LogP contribution in [0.1, 0.15) is 36.6 Å². The van der Waals surface area contributed by atoms with Gasteiger partial charge in [-0.3, -0.25) is 0 Å². The summed E-state index contributed by atoms with van der Waals surface area (Å²) in [6.45, 7) is 0.904. The van der Waals surface area contributed by atoms with Gasteiger partial charge in [-0.15, -0.1) is 11.6 Å². The first-order valence-corrected chi connectivity index (χ1v) is 8.00. The predicted molar refractivity (Wildman–Crippen MR) is 85.8 cm³/mol. The Morgan fingerprint density at radius 1 is 1.15 bits per heavy atom. The minimum Gasteiger partial charge on any atom is -0.378 e. The fourth-order valence-electron chi connectivity index (χ4n) is 2.92. The summed E-state index contributed by atoms with van der Waals surface area (Å²) in [6.07, 6.45) is 4.73. The van der Waals surface area contributed by atoms with Gasteiger partial charge in [0.25, 0.3) is 0 Å². The van der Waals surface area contributed by atoms with Gasteiger partial charge in [-0.1, -0.05) is 41.9 Å². The second-order valence-corrected chi connectivity index (χ2v) is 6.30. The highest BCUT2D eigenvalue weighted by Crippen LogP contribution is 2.35. The number of halogens is 2. The Labute approximate surface area is 129 Å². The fraction of sp³-hybridized carbons (Fsp3) is 0.412. The number of fused-ring (bicyclic) bond motifs is 1. The highest BCUT2D eigenvalue weighted by molar-refractivity contribution is 6.35. The van der Waals surface area contributed by atoms with Gasteiger partial charge in [0.2, 0.25) is 0 Å². The largest absolute Gasteiger partial charge is 0.378 e. The number of hydrogen-bond acceptors (Lipinski definition) is 1. The molecule has 2 aromatic rings. The van der Waals surface area contributed by atoms with Crippen LogP contribution in [0.5, 0.6) is 0 Å². The Morgan fingerprint density at radius 3 is 2.70 bits per heavy atom. The lowest BCUT2D eigenvalue weighted by atomic mass is 9.98. The molecule has 2 aromatic carbocycles. The van der Waals surface area contributed by atoms with Crippen molar-refractivity contribution in [1.29, 1.82) is 0 Å². The van der Waals surface area contributed by atoms with Crippen molar-refractivity contribution in [3.8, 4) is 0 Å². The van der Waals surface area contributed by atoms with Crippen LogP contribution in [-0.2, 0) is 4.74 Å². The van der Waals surface area contributed by atoms with E-state index in [1.54, 1.807) is 0 Å². The van der Waals surface area contributed by atoms with E-state index in [9.17, 15) is 0 Å². The fourth-order valence-corrected chi connectivity index (χ4v) is 3.46. The highest BCUT2D eigenvalue weighted by Gasteiger charge is 2.19. The molecule has 2 unspecified atom stereocenters. The summed E-state index contributed by atoms with van der Waals surface area (Å²) >= 11 is 12.9. The van der Waals surface area contributed by atoms with Gasteiger partial charge in [0.1, 0.15) is 0 Å². The van der Waals surface area contributed by atoms with Crippen molar-refractivity contribution in [2.75, 3.05) is 6.61 Å². The number of ether oxygens (including phenoxy) is 1. The molecule has 0 aromatic heterocycles. The van der Waals surface area contributed by atoms with Crippen LogP contribution in [-0.4, -0.2) is 12.7 Å². The molecule has 1 fully saturated rings. The van der Waals surface area contributed by atoms with Gasteiger partial charge in [-0.05, 0) is 42.7 Å². The normalized spacial score (nSPS) is 20.4. The van der Waals surface area contributed by atoms with Crippen LogP contribution < -0.4 is 0 Å². The third kappa shape index (κ3) is 2.95. The summed E-state index contributed by atoms with van der Waals surface area (Å²) in [5, 5.41) is 3.04. The van der Waals surface area contributed by atoms with Crippen molar-refractivity contribution in [3.05, 3.63) is 47.0 Å². The molecule has 1 nitrogen and oxygen atoms in total. The van der Waals surface area contributed by atoms with Crippen LogP contribution in [0.3, 0.4) is 0 Å². The Balaban J connectivity index is 1.80. The topological polar surface area (TPSA) is 9.23 Å². The zero-order chi connectivity index (χ0) is 13.9. The SMILES string of the molecule is Clc1ccc(C(Cl)CCC2CCCO2)c2ccccc12. The molecule has 0 aliphatic carbocycles. The minimum atomic E-state index is 0.0152. The summed E-state index contributed by atoms with van der Waals surface area (Å²) in [5.41, 5.74) is 1.17. The van der Waals surface area contributed by atoms with E-state index in [1.165, 1.54) is 18.4 Å². The summed E-state index contributed by atoms with van der Waals surface area (Å²) in [5.74, 6) is 0. The monoisotopic (exact) mass is 308 g/mol. The van der Waals surface area contributed by atoms with Gasteiger partial charge in [-0.25, -0.2) is 0 Å². The Hall–Kier alpha value is -0.760. The molecule has 0 bridgehead atoms. The second kappa shape index (κ2) is 6.34. The van der Waals surface area contributed by atoms with Gasteiger partial charge in [0, 0.05) is 17.0 Å². The Bertz CT molecular complexity index is 591. The van der Waals surface area contributed by atoms with E-state index < -0.39 is 0 Å². The third-order valence-electron chi connectivity index (χ3n) is 4.01. The van der Waals surface area contributed by atoms with Gasteiger partial charge < -0.3 is 4.74 Å². The zero-order valence-electron chi connectivity index (χ0n) is 11.3. The minimum absolute atomic E-state index is 0.0152. The predicted octanol–water partition coefficient (Wildman–Crippen LogP) is 5.73. The molecule has 3 heteroatoms. The molecule has 3 rings (SSSR count). The summed E-state index contributed by atoms with van der Waals surface area (Å²) in [4.78, 5) is 0. The maximum absolute atomic E-state index is 6.62. The van der Waals surface area contributed by atoms with Crippen molar-refractivity contribution in [1.82, 2.24) is 0 Å². The first-order valence-electron chi connectivity index (χ1n) is 7.18. The molecule has 0 spiro atoms. The van der Waals surface area contributed by atoms with E-state index in [2.05, 4.69) is 12.1 Å². The molecule has 20 heavy (non-hydrogen) atoms. The van der Waals surface area contributed by atoms with Crippen molar-refractivity contribution in [2.45, 2.75) is 37.2 Å². The number of rotatable bonds is 4. The van der Waals surface area contributed by atoms with Gasteiger partial charge in [-0.2, -0.15) is 0 Å². The van der Waals surface area contributed by atoms with E-state index >= 15 is 0 Å². The highest BCUT2D eigenvalue weighted by atomic mass is 35.5. The number of alkyl halides is 1. The Morgan fingerprint density at radius 2 is 1.95 bits per heavy atom. The van der Waals surface area contributed by atoms with Gasteiger partial charge in [0.05, 0.1) is 11.5 Å². The maximum atomic E-state index is 6.62. The zero-order valence-corrected chi connectivity index (χ0v) is 12.8. The van der Waals surface area contributed by atoms with Gasteiger partial charge in [0.15, 0.2) is 0 Å². The number of hydrogen-bond donors (Lipinski definition) is 0. The quantitative estimate of drug-likeness (QED) is 0.655. The summed E-state index contributed by atoms with van der Waals surface area (Å²) in [7, 11) is 0. The lowest BCUT2D eigenvalue weighted by Gasteiger charge is -2.16. The van der Waals surface area contributed by atoms with E-state index in [4.69, 9.17) is 27.9 Å². The molecular formula is C17H18Cl2O. The average Bonchev–Trinajstić information content (AvgIpc) is 2.99. The second-order valence-electron chi connectivity index (χ2n) is 5.36. The molecule has 1 saturated heterocycles. The van der Waals surface area contributed by atoms with E-state index in [1.807, 2.05) is 24.3 Å². The molecule has 1 aliphatic heterocycles. The Kier molecular flexibility index (Phi) is 4.50. The van der Waals surface area contributed by atoms with Crippen molar-refractivity contribution in [2.24, 2.45) is 0 Å². The summed E-state index contributed by atoms with van der Waals surface area (Å²) in [6, 6.07) is 12.2. The van der Waals surface area contributed by atoms with Crippen LogP contribution in [0.2, 0.25) is 5.02 Å². The van der Waals surface area contributed by atoms with Crippen molar-refractivity contribution < 1.29 is 4.74 Å². The number of benzene rings is 2. The van der Waals surface area contributed by atoms with Crippen LogP contribution in [0.25, 0.3) is 10.8 Å². The lowest BCUT2D eigenvalue weighted by molar-refractivity contribution is 0.102. The molecule has 106 valence electrons. The van der Waals surface area contributed by atoms with E-state index in [-0.39, 0.29) is 5.38 Å². The van der Waals surface area contributed by atoms with Crippen molar-refractivity contribution >= 4 is 34.0 Å². The van der Waals surface area contributed by atoms with Crippen LogP contribution in [0.4, 0.5) is 0 Å². The lowest BCUT2D eigenvalue weighted by Crippen LogP contribution is -2.06. The molecule has 2 atom stereocenters. The first-order chi connectivity index (χ1) is 9.75. The van der Waals surface area contributed by atoms with Crippen LogP contribution >= 0.6 is 23.2 Å². The van der Waals surface area contributed by atoms with Crippen molar-refractivity contribution in [3.63, 3.8) is 0 Å². The van der Waals surface area contributed by atoms with Gasteiger partial charge >= 0.3 is 0 Å². The molecular weight excluding hydrogens is 291 g/mol. The standard InChI is InChI=1S/C17H18Cl2O/c18-16(9-7-12-4-3-11-20-12)15-8-10-17(19)14-6-2-1-5-13(14)15/h1-2,5-6,8,10,12,16H,3-4,7,9,11H2. The molecule has 0 N–H and O–H groups in total. The van der Waals surface area contributed by atoms with Crippen LogP contribution in [0.15, 0.2) is 36.4 Å². The molecule has 1 aliphatic rings. The first kappa shape index (κ1) is 14.2. The maximum Gasteiger partial charge on any atom is 0.0592 e. The van der Waals surface area contributed by atoms with Crippen LogP contribution in [0, 0.1) is 0 Å². The summed E-state index contributed by atoms with van der Waals surface area (Å²) < 4.78 is 5.67. The molecule has 0 amide bonds. The smallest absolute Gasteiger partial charge is 0.0592 e. The third-order valence-corrected chi connectivity index (χ3v) is 4.79. The molecule has 0 saturated carbocycles. The molecule has 0 radical (unpaired) electrons. The van der Waals surface area contributed by atoms with E-state index in [0.717, 1.165) is 35.2 Å². The van der Waals surface area contributed by atoms with E-state index in [0.29, 0.717) is 6.10 Å². The average molecular weight is 309 g/mol. The molecule has 1 heterocycles.